The Morgan fingerprint density at radius 2 is 2.00 bits per heavy atom. The van der Waals surface area contributed by atoms with Gasteiger partial charge in [0.15, 0.2) is 0 Å². The highest BCUT2D eigenvalue weighted by molar-refractivity contribution is 5.77. The molecule has 1 fully saturated rings. The number of nitrogens with zero attached hydrogens (tertiary/aromatic N) is 1. The molecular weight excluding hydrogens is 202 g/mol. The third-order valence-corrected chi connectivity index (χ3v) is 3.52. The Hall–Kier alpha value is -0.410. The first-order valence-corrected chi connectivity index (χ1v) is 6.64. The maximum absolute atomic E-state index is 11.2. The van der Waals surface area contributed by atoms with Crippen LogP contribution in [0.1, 0.15) is 51.9 Å². The largest absolute Gasteiger partial charge is 0.395 e. The number of hydrogen-bond donors (Lipinski definition) is 1. The lowest BCUT2D eigenvalue weighted by Gasteiger charge is -2.27. The van der Waals surface area contributed by atoms with Crippen molar-refractivity contribution in [2.45, 2.75) is 57.9 Å². The zero-order chi connectivity index (χ0) is 11.8. The van der Waals surface area contributed by atoms with Crippen LogP contribution in [0.25, 0.3) is 0 Å². The second-order valence-corrected chi connectivity index (χ2v) is 4.69. The van der Waals surface area contributed by atoms with Crippen LogP contribution in [0.3, 0.4) is 0 Å². The van der Waals surface area contributed by atoms with Crippen LogP contribution in [0.5, 0.6) is 0 Å². The van der Waals surface area contributed by atoms with Gasteiger partial charge in [-0.2, -0.15) is 0 Å². The molecule has 0 aromatic carbocycles. The highest BCUT2D eigenvalue weighted by Crippen LogP contribution is 2.23. The second-order valence-electron chi connectivity index (χ2n) is 4.69. The van der Waals surface area contributed by atoms with Gasteiger partial charge in [0.05, 0.1) is 6.61 Å². The molecular formula is C13H25NO2. The number of rotatable bonds is 8. The summed E-state index contributed by atoms with van der Waals surface area (Å²) in [6.07, 6.45) is 7.47. The lowest BCUT2D eigenvalue weighted by atomic mass is 10.1. The number of Topliss-reactive ketones (excluding diaryl/α,β-unsaturated/α-hetero) is 1. The lowest BCUT2D eigenvalue weighted by molar-refractivity contribution is -0.118. The number of aliphatic hydroxyl groups excluding tert-OH is 1. The number of carbonyl (C=O) groups excluding carboxylic acids is 1. The Labute approximate surface area is 98.8 Å². The number of ketones is 1. The summed E-state index contributed by atoms with van der Waals surface area (Å²) in [6.45, 7) is 3.89. The molecule has 1 N–H and O–H groups in total. The predicted octanol–water partition coefficient (Wildman–Crippen LogP) is 1.98. The van der Waals surface area contributed by atoms with E-state index in [1.165, 1.54) is 25.7 Å². The van der Waals surface area contributed by atoms with Gasteiger partial charge >= 0.3 is 0 Å². The smallest absolute Gasteiger partial charge is 0.132 e. The molecule has 0 unspecified atom stereocenters. The highest BCUT2D eigenvalue weighted by Gasteiger charge is 2.21. The number of hydrogen-bond acceptors (Lipinski definition) is 3. The first-order chi connectivity index (χ1) is 7.77. The average molecular weight is 227 g/mol. The van der Waals surface area contributed by atoms with E-state index in [1.54, 1.807) is 0 Å². The predicted molar refractivity (Wildman–Crippen MR) is 65.4 cm³/mol. The van der Waals surface area contributed by atoms with Crippen LogP contribution >= 0.6 is 0 Å². The third-order valence-electron chi connectivity index (χ3n) is 3.52. The van der Waals surface area contributed by atoms with Gasteiger partial charge in [0.2, 0.25) is 0 Å². The van der Waals surface area contributed by atoms with Crippen molar-refractivity contribution in [2.24, 2.45) is 0 Å². The van der Waals surface area contributed by atoms with E-state index in [1.807, 2.05) is 6.92 Å². The van der Waals surface area contributed by atoms with Crippen molar-refractivity contribution in [2.75, 3.05) is 19.7 Å². The minimum Gasteiger partial charge on any atom is -0.395 e. The summed E-state index contributed by atoms with van der Waals surface area (Å²) in [4.78, 5) is 13.6. The standard InChI is InChI=1S/C13H25NO2/c1-2-13(16)8-5-9-14(10-11-15)12-6-3-4-7-12/h12,15H,2-11H2,1H3. The molecule has 0 amide bonds. The van der Waals surface area contributed by atoms with E-state index in [0.29, 0.717) is 24.7 Å². The van der Waals surface area contributed by atoms with E-state index in [9.17, 15) is 4.79 Å². The normalized spacial score (nSPS) is 17.2. The van der Waals surface area contributed by atoms with Gasteiger partial charge in [-0.05, 0) is 25.8 Å². The molecule has 0 heterocycles. The SMILES string of the molecule is CCC(=O)CCCN(CCO)C1CCCC1. The minimum absolute atomic E-state index is 0.234. The Kier molecular flexibility index (Phi) is 6.65. The van der Waals surface area contributed by atoms with Crippen molar-refractivity contribution in [1.82, 2.24) is 4.90 Å². The summed E-state index contributed by atoms with van der Waals surface area (Å²) in [7, 11) is 0. The van der Waals surface area contributed by atoms with Crippen molar-refractivity contribution in [3.8, 4) is 0 Å². The molecule has 1 rings (SSSR count). The Morgan fingerprint density at radius 3 is 2.56 bits per heavy atom. The zero-order valence-corrected chi connectivity index (χ0v) is 10.5. The molecule has 0 aliphatic heterocycles. The topological polar surface area (TPSA) is 40.5 Å². The molecule has 3 nitrogen and oxygen atoms in total. The lowest BCUT2D eigenvalue weighted by Crippen LogP contribution is -2.36. The molecule has 0 saturated heterocycles. The van der Waals surface area contributed by atoms with Crippen molar-refractivity contribution >= 4 is 5.78 Å². The van der Waals surface area contributed by atoms with Gasteiger partial charge in [-0.25, -0.2) is 0 Å². The first-order valence-electron chi connectivity index (χ1n) is 6.64. The van der Waals surface area contributed by atoms with E-state index >= 15 is 0 Å². The minimum atomic E-state index is 0.234. The molecule has 16 heavy (non-hydrogen) atoms. The fraction of sp³-hybridized carbons (Fsp3) is 0.923. The van der Waals surface area contributed by atoms with Crippen LogP contribution in [-0.2, 0) is 4.79 Å². The molecule has 0 radical (unpaired) electrons. The molecule has 94 valence electrons. The third kappa shape index (κ3) is 4.62. The van der Waals surface area contributed by atoms with Crippen LogP contribution < -0.4 is 0 Å². The van der Waals surface area contributed by atoms with Crippen LogP contribution in [0.4, 0.5) is 0 Å². The van der Waals surface area contributed by atoms with E-state index < -0.39 is 0 Å². The van der Waals surface area contributed by atoms with Crippen molar-refractivity contribution in [1.29, 1.82) is 0 Å². The summed E-state index contributed by atoms with van der Waals surface area (Å²) >= 11 is 0. The fourth-order valence-corrected chi connectivity index (χ4v) is 2.53. The molecule has 1 aliphatic rings. The summed E-state index contributed by atoms with van der Waals surface area (Å²) in [6, 6.07) is 0.656. The van der Waals surface area contributed by atoms with Crippen LogP contribution in [0.15, 0.2) is 0 Å². The zero-order valence-electron chi connectivity index (χ0n) is 10.5. The maximum atomic E-state index is 11.2. The quantitative estimate of drug-likeness (QED) is 0.689. The van der Waals surface area contributed by atoms with Crippen molar-refractivity contribution in [3.63, 3.8) is 0 Å². The Morgan fingerprint density at radius 1 is 1.31 bits per heavy atom. The Balaban J connectivity index is 2.24. The van der Waals surface area contributed by atoms with Crippen molar-refractivity contribution in [3.05, 3.63) is 0 Å². The van der Waals surface area contributed by atoms with E-state index in [2.05, 4.69) is 4.90 Å². The maximum Gasteiger partial charge on any atom is 0.132 e. The van der Waals surface area contributed by atoms with Gasteiger partial charge in [-0.15, -0.1) is 0 Å². The van der Waals surface area contributed by atoms with Gasteiger partial charge in [-0.3, -0.25) is 9.69 Å². The molecule has 3 heteroatoms. The fourth-order valence-electron chi connectivity index (χ4n) is 2.53. The number of carbonyl (C=O) groups is 1. The summed E-state index contributed by atoms with van der Waals surface area (Å²) in [5.41, 5.74) is 0. The monoisotopic (exact) mass is 227 g/mol. The first kappa shape index (κ1) is 13.7. The van der Waals surface area contributed by atoms with Crippen LogP contribution in [0.2, 0.25) is 0 Å². The molecule has 1 aliphatic carbocycles. The highest BCUT2D eigenvalue weighted by atomic mass is 16.3. The Bertz CT molecular complexity index is 200. The second kappa shape index (κ2) is 7.80. The van der Waals surface area contributed by atoms with Crippen LogP contribution in [0, 0.1) is 0 Å². The summed E-state index contributed by atoms with van der Waals surface area (Å²) in [5, 5.41) is 9.04. The molecule has 0 bridgehead atoms. The van der Waals surface area contributed by atoms with Gasteiger partial charge in [0.1, 0.15) is 5.78 Å². The van der Waals surface area contributed by atoms with Crippen molar-refractivity contribution < 1.29 is 9.90 Å². The molecule has 0 aromatic heterocycles. The molecule has 0 spiro atoms. The van der Waals surface area contributed by atoms with Crippen LogP contribution in [-0.4, -0.2) is 41.5 Å². The molecule has 0 aromatic rings. The van der Waals surface area contributed by atoms with Gasteiger partial charge < -0.3 is 5.11 Å². The van der Waals surface area contributed by atoms with Gasteiger partial charge in [-0.1, -0.05) is 19.8 Å². The van der Waals surface area contributed by atoms with Gasteiger partial charge in [0, 0.05) is 25.4 Å². The van der Waals surface area contributed by atoms with E-state index in [4.69, 9.17) is 5.11 Å². The van der Waals surface area contributed by atoms with E-state index in [0.717, 1.165) is 19.5 Å². The van der Waals surface area contributed by atoms with Gasteiger partial charge in [0.25, 0.3) is 0 Å². The summed E-state index contributed by atoms with van der Waals surface area (Å²) in [5.74, 6) is 0.357. The number of aliphatic hydroxyl groups is 1. The summed E-state index contributed by atoms with van der Waals surface area (Å²) < 4.78 is 0. The van der Waals surface area contributed by atoms with E-state index in [-0.39, 0.29) is 6.61 Å². The molecule has 0 atom stereocenters. The molecule has 1 saturated carbocycles. The average Bonchev–Trinajstić information content (AvgIpc) is 2.81.